The maximum absolute atomic E-state index is 9.40. The maximum atomic E-state index is 9.40. The fraction of sp³-hybridized carbons (Fsp3) is 0.400. The van der Waals surface area contributed by atoms with Crippen molar-refractivity contribution < 1.29 is 9.53 Å². The molecule has 0 aliphatic carbocycles. The number of hydrogen-bond donors (Lipinski definition) is 0. The van der Waals surface area contributed by atoms with Crippen LogP contribution in [0.5, 0.6) is 0 Å². The van der Waals surface area contributed by atoms with Gasteiger partial charge in [0.2, 0.25) is 6.29 Å². The number of carbonyl (C=O) groups excluding carboxylic acids is 1. The number of rotatable bonds is 4. The lowest BCUT2D eigenvalue weighted by Gasteiger charge is -1.86. The molecule has 39 valence electrons. The lowest BCUT2D eigenvalue weighted by Crippen LogP contribution is -1.92. The molecule has 7 heavy (non-hydrogen) atoms. The molecule has 0 rings (SSSR count). The third-order valence-electron chi connectivity index (χ3n) is 0.397. The zero-order valence-electron chi connectivity index (χ0n) is 4.02. The average Bonchev–Trinajstić information content (AvgIpc) is 1.69. The van der Waals surface area contributed by atoms with E-state index in [4.69, 9.17) is 0 Å². The lowest BCUT2D eigenvalue weighted by molar-refractivity contribution is 0.201. The molecule has 2 heteroatoms. The summed E-state index contributed by atoms with van der Waals surface area (Å²) in [6, 6.07) is 0. The Bertz CT molecular complexity index is 51.1. The van der Waals surface area contributed by atoms with Gasteiger partial charge in [0.1, 0.15) is 6.61 Å². The van der Waals surface area contributed by atoms with E-state index < -0.39 is 0 Å². The molecule has 0 heterocycles. The minimum Gasteiger partial charge on any atom is -0.369 e. The molecule has 0 aliphatic rings. The van der Waals surface area contributed by atoms with E-state index in [0.717, 1.165) is 0 Å². The van der Waals surface area contributed by atoms with Crippen molar-refractivity contribution in [3.05, 3.63) is 12.7 Å². The fourth-order valence-corrected chi connectivity index (χ4v) is 0.184. The largest absolute Gasteiger partial charge is 0.369 e. The van der Waals surface area contributed by atoms with Crippen LogP contribution in [0.1, 0.15) is 0 Å². The van der Waals surface area contributed by atoms with Gasteiger partial charge < -0.3 is 4.74 Å². The summed E-state index contributed by atoms with van der Waals surface area (Å²) in [5.41, 5.74) is 0. The summed E-state index contributed by atoms with van der Waals surface area (Å²) >= 11 is 0. The van der Waals surface area contributed by atoms with Gasteiger partial charge in [-0.15, -0.1) is 6.58 Å². The SMILES string of the molecule is C=CCOC[C]=O. The van der Waals surface area contributed by atoms with Crippen LogP contribution >= 0.6 is 0 Å². The molecule has 0 aliphatic heterocycles. The van der Waals surface area contributed by atoms with Crippen molar-refractivity contribution in [2.75, 3.05) is 13.2 Å². The van der Waals surface area contributed by atoms with E-state index in [1.165, 1.54) is 0 Å². The highest BCUT2D eigenvalue weighted by Crippen LogP contribution is 1.68. The standard InChI is InChI=1S/C5H7O2/c1-2-4-7-5-3-6/h2H,1,4-5H2. The van der Waals surface area contributed by atoms with Crippen LogP contribution in [-0.4, -0.2) is 19.5 Å². The van der Waals surface area contributed by atoms with E-state index in [0.29, 0.717) is 6.61 Å². The van der Waals surface area contributed by atoms with Crippen LogP contribution in [-0.2, 0) is 9.53 Å². The first-order chi connectivity index (χ1) is 3.41. The smallest absolute Gasteiger partial charge is 0.226 e. The molecule has 0 unspecified atom stereocenters. The van der Waals surface area contributed by atoms with Gasteiger partial charge in [0, 0.05) is 0 Å². The van der Waals surface area contributed by atoms with Crippen LogP contribution < -0.4 is 0 Å². The third-order valence-corrected chi connectivity index (χ3v) is 0.397. The van der Waals surface area contributed by atoms with E-state index in [-0.39, 0.29) is 6.61 Å². The number of ether oxygens (including phenoxy) is 1. The molecule has 0 saturated carbocycles. The second-order valence-corrected chi connectivity index (χ2v) is 0.948. The van der Waals surface area contributed by atoms with E-state index >= 15 is 0 Å². The summed E-state index contributed by atoms with van der Waals surface area (Å²) in [5, 5.41) is 0. The Labute approximate surface area is 42.8 Å². The van der Waals surface area contributed by atoms with Gasteiger partial charge in [-0.3, -0.25) is 4.79 Å². The molecule has 0 saturated heterocycles. The second kappa shape index (κ2) is 5.37. The average molecular weight is 99.1 g/mol. The topological polar surface area (TPSA) is 26.3 Å². The Morgan fingerprint density at radius 1 is 1.86 bits per heavy atom. The Balaban J connectivity index is 2.68. The van der Waals surface area contributed by atoms with Gasteiger partial charge in [-0.25, -0.2) is 0 Å². The molecule has 0 aromatic rings. The van der Waals surface area contributed by atoms with E-state index in [2.05, 4.69) is 11.3 Å². The van der Waals surface area contributed by atoms with E-state index in [9.17, 15) is 4.79 Å². The Hall–Kier alpha value is -0.630. The van der Waals surface area contributed by atoms with Crippen molar-refractivity contribution in [2.45, 2.75) is 0 Å². The monoisotopic (exact) mass is 99.0 g/mol. The molecule has 0 aromatic carbocycles. The molecular formula is C5H7O2. The van der Waals surface area contributed by atoms with Gasteiger partial charge in [-0.1, -0.05) is 6.08 Å². The molecule has 0 spiro atoms. The van der Waals surface area contributed by atoms with Gasteiger partial charge in [0.15, 0.2) is 0 Å². The van der Waals surface area contributed by atoms with Gasteiger partial charge in [-0.05, 0) is 0 Å². The molecule has 2 nitrogen and oxygen atoms in total. The second-order valence-electron chi connectivity index (χ2n) is 0.948. The molecule has 0 fully saturated rings. The van der Waals surface area contributed by atoms with Crippen LogP contribution in [0.4, 0.5) is 0 Å². The molecule has 0 aromatic heterocycles. The van der Waals surface area contributed by atoms with Gasteiger partial charge in [0.25, 0.3) is 0 Å². The van der Waals surface area contributed by atoms with Gasteiger partial charge in [-0.2, -0.15) is 0 Å². The first-order valence-electron chi connectivity index (χ1n) is 1.95. The van der Waals surface area contributed by atoms with E-state index in [1.54, 1.807) is 12.4 Å². The first-order valence-corrected chi connectivity index (χ1v) is 1.95. The van der Waals surface area contributed by atoms with Crippen molar-refractivity contribution in [3.8, 4) is 0 Å². The van der Waals surface area contributed by atoms with Crippen LogP contribution in [0.15, 0.2) is 12.7 Å². The maximum Gasteiger partial charge on any atom is 0.226 e. The summed E-state index contributed by atoms with van der Waals surface area (Å²) in [6.45, 7) is 3.85. The van der Waals surface area contributed by atoms with Gasteiger partial charge in [0.05, 0.1) is 6.61 Å². The van der Waals surface area contributed by atoms with Crippen molar-refractivity contribution in [3.63, 3.8) is 0 Å². The van der Waals surface area contributed by atoms with Crippen LogP contribution in [0.3, 0.4) is 0 Å². The third kappa shape index (κ3) is 5.37. The minimum absolute atomic E-state index is 0.0476. The molecule has 1 radical (unpaired) electrons. The Kier molecular flexibility index (Phi) is 4.89. The quantitative estimate of drug-likeness (QED) is 0.374. The summed E-state index contributed by atoms with van der Waals surface area (Å²) in [5.74, 6) is 0. The Morgan fingerprint density at radius 2 is 2.57 bits per heavy atom. The summed E-state index contributed by atoms with van der Waals surface area (Å²) in [7, 11) is 0. The summed E-state index contributed by atoms with van der Waals surface area (Å²) < 4.78 is 4.59. The lowest BCUT2D eigenvalue weighted by atomic mass is 10.7. The van der Waals surface area contributed by atoms with Crippen molar-refractivity contribution in [2.24, 2.45) is 0 Å². The summed E-state index contributed by atoms with van der Waals surface area (Å²) in [6.07, 6.45) is 3.16. The molecule has 0 bridgehead atoms. The van der Waals surface area contributed by atoms with Crippen LogP contribution in [0.25, 0.3) is 0 Å². The highest BCUT2D eigenvalue weighted by atomic mass is 16.5. The molecular weight excluding hydrogens is 92.1 g/mol. The minimum atomic E-state index is 0.0476. The van der Waals surface area contributed by atoms with Crippen LogP contribution in [0.2, 0.25) is 0 Å². The zero-order chi connectivity index (χ0) is 5.54. The zero-order valence-corrected chi connectivity index (χ0v) is 4.02. The Morgan fingerprint density at radius 3 is 3.00 bits per heavy atom. The highest BCUT2D eigenvalue weighted by Gasteiger charge is 1.76. The van der Waals surface area contributed by atoms with Crippen molar-refractivity contribution in [1.82, 2.24) is 0 Å². The predicted molar refractivity (Wildman–Crippen MR) is 26.7 cm³/mol. The molecule has 0 atom stereocenters. The molecule has 0 N–H and O–H groups in total. The van der Waals surface area contributed by atoms with Crippen molar-refractivity contribution >= 4 is 6.29 Å². The summed E-state index contributed by atoms with van der Waals surface area (Å²) in [4.78, 5) is 9.40. The highest BCUT2D eigenvalue weighted by molar-refractivity contribution is 5.51. The predicted octanol–water partition coefficient (Wildman–Crippen LogP) is 0.299. The van der Waals surface area contributed by atoms with Gasteiger partial charge >= 0.3 is 0 Å². The molecule has 0 amide bonds. The van der Waals surface area contributed by atoms with Crippen LogP contribution in [0, 0.1) is 0 Å². The first kappa shape index (κ1) is 6.37. The normalized spacial score (nSPS) is 8.00. The van der Waals surface area contributed by atoms with Crippen molar-refractivity contribution in [1.29, 1.82) is 0 Å². The fourth-order valence-electron chi connectivity index (χ4n) is 0.184. The van der Waals surface area contributed by atoms with E-state index in [1.807, 2.05) is 0 Å². The number of hydrogen-bond acceptors (Lipinski definition) is 2.